The zero-order valence-electron chi connectivity index (χ0n) is 13.9. The molecule has 0 bridgehead atoms. The van der Waals surface area contributed by atoms with Gasteiger partial charge in [-0.1, -0.05) is 31.4 Å². The van der Waals surface area contributed by atoms with Crippen molar-refractivity contribution in [1.82, 2.24) is 4.72 Å². The molecule has 1 saturated carbocycles. The summed E-state index contributed by atoms with van der Waals surface area (Å²) in [4.78, 5) is 21.9. The summed E-state index contributed by atoms with van der Waals surface area (Å²) < 4.78 is 26.8. The van der Waals surface area contributed by atoms with Crippen molar-refractivity contribution in [3.05, 3.63) is 29.8 Å². The normalized spacial score (nSPS) is 17.1. The number of primary amides is 1. The second-order valence-electron chi connectivity index (χ2n) is 6.40. The fourth-order valence-corrected chi connectivity index (χ4v) is 4.34. The van der Waals surface area contributed by atoms with Crippen LogP contribution in [0.5, 0.6) is 0 Å². The lowest BCUT2D eigenvalue weighted by atomic mass is 9.84. The molecule has 8 heteroatoms. The number of nitrogens with one attached hydrogen (secondary N) is 1. The first-order valence-corrected chi connectivity index (χ1v) is 9.89. The second kappa shape index (κ2) is 8.44. The lowest BCUT2D eigenvalue weighted by molar-refractivity contribution is -0.308. The van der Waals surface area contributed by atoms with Crippen molar-refractivity contribution < 1.29 is 23.1 Å². The maximum atomic E-state index is 12.4. The topological polar surface area (TPSA) is 129 Å². The molecule has 0 aromatic heterocycles. The van der Waals surface area contributed by atoms with Gasteiger partial charge in [0.15, 0.2) is 0 Å². The molecule has 0 spiro atoms. The number of carboxylic acids is 1. The molecule has 1 aliphatic carbocycles. The highest BCUT2D eigenvalue weighted by atomic mass is 32.2. The molecule has 1 aromatic carbocycles. The lowest BCUT2D eigenvalue weighted by Gasteiger charge is -2.22. The molecule has 25 heavy (non-hydrogen) atoms. The molecular formula is C17H23N2O5S-. The highest BCUT2D eigenvalue weighted by Gasteiger charge is 2.22. The predicted molar refractivity (Wildman–Crippen MR) is 89.8 cm³/mol. The fraction of sp³-hybridized carbons (Fsp3) is 0.529. The molecule has 1 fully saturated rings. The van der Waals surface area contributed by atoms with Gasteiger partial charge in [-0.25, -0.2) is 13.1 Å². The van der Waals surface area contributed by atoms with E-state index in [9.17, 15) is 23.1 Å². The average Bonchev–Trinajstić information content (AvgIpc) is 2.59. The number of carbonyl (C=O) groups is 2. The number of amides is 1. The summed E-state index contributed by atoms with van der Waals surface area (Å²) in [5, 5.41) is 11.1. The van der Waals surface area contributed by atoms with E-state index in [-0.39, 0.29) is 17.7 Å². The quantitative estimate of drug-likeness (QED) is 0.687. The van der Waals surface area contributed by atoms with Crippen molar-refractivity contribution in [2.24, 2.45) is 5.73 Å². The third kappa shape index (κ3) is 5.54. The molecule has 1 aromatic rings. The molecule has 1 amide bonds. The number of nitrogens with two attached hydrogens (primary N) is 1. The molecule has 0 unspecified atom stereocenters. The van der Waals surface area contributed by atoms with Crippen molar-refractivity contribution in [3.8, 4) is 0 Å². The minimum atomic E-state index is -4.02. The molecule has 1 atom stereocenters. The van der Waals surface area contributed by atoms with Crippen LogP contribution in [0.15, 0.2) is 29.2 Å². The number of aliphatic carboxylic acids is 1. The summed E-state index contributed by atoms with van der Waals surface area (Å²) in [7, 11) is -4.02. The van der Waals surface area contributed by atoms with E-state index < -0.39 is 27.9 Å². The van der Waals surface area contributed by atoms with E-state index in [1.54, 1.807) is 12.1 Å². The molecule has 0 radical (unpaired) electrons. The Balaban J connectivity index is 2.09. The average molecular weight is 367 g/mol. The predicted octanol–water partition coefficient (Wildman–Crippen LogP) is 0.397. The van der Waals surface area contributed by atoms with Crippen LogP contribution in [0.25, 0.3) is 0 Å². The molecule has 0 heterocycles. The summed E-state index contributed by atoms with van der Waals surface area (Å²) in [6.45, 7) is 0. The van der Waals surface area contributed by atoms with Crippen LogP contribution < -0.4 is 15.6 Å². The van der Waals surface area contributed by atoms with Crippen LogP contribution in [0.4, 0.5) is 0 Å². The van der Waals surface area contributed by atoms with Gasteiger partial charge in [-0.2, -0.15) is 0 Å². The second-order valence-corrected chi connectivity index (χ2v) is 8.12. The first-order valence-electron chi connectivity index (χ1n) is 8.41. The van der Waals surface area contributed by atoms with E-state index in [1.165, 1.54) is 31.4 Å². The number of benzene rings is 1. The third-order valence-corrected chi connectivity index (χ3v) is 6.02. The Morgan fingerprint density at radius 3 is 2.28 bits per heavy atom. The van der Waals surface area contributed by atoms with Crippen molar-refractivity contribution in [3.63, 3.8) is 0 Å². The van der Waals surface area contributed by atoms with Crippen LogP contribution in [0.1, 0.15) is 56.4 Å². The molecule has 2 rings (SSSR count). The molecule has 3 N–H and O–H groups in total. The van der Waals surface area contributed by atoms with Gasteiger partial charge < -0.3 is 15.6 Å². The van der Waals surface area contributed by atoms with Crippen LogP contribution in [-0.4, -0.2) is 26.3 Å². The van der Waals surface area contributed by atoms with Gasteiger partial charge >= 0.3 is 0 Å². The van der Waals surface area contributed by atoms with Gasteiger partial charge in [0.25, 0.3) is 0 Å². The monoisotopic (exact) mass is 367 g/mol. The molecular weight excluding hydrogens is 344 g/mol. The minimum Gasteiger partial charge on any atom is -0.548 e. The number of hydrogen-bond donors (Lipinski definition) is 2. The molecule has 7 nitrogen and oxygen atoms in total. The largest absolute Gasteiger partial charge is 0.548 e. The molecule has 0 saturated heterocycles. The first-order chi connectivity index (χ1) is 11.8. The van der Waals surface area contributed by atoms with Crippen molar-refractivity contribution >= 4 is 21.9 Å². The maximum Gasteiger partial charge on any atom is 0.241 e. The van der Waals surface area contributed by atoms with Gasteiger partial charge in [-0.15, -0.1) is 0 Å². The van der Waals surface area contributed by atoms with Crippen LogP contribution in [0.3, 0.4) is 0 Å². The Labute approximate surface area is 147 Å². The van der Waals surface area contributed by atoms with Crippen molar-refractivity contribution in [1.29, 1.82) is 0 Å². The third-order valence-electron chi connectivity index (χ3n) is 4.53. The summed E-state index contributed by atoms with van der Waals surface area (Å²) in [5.41, 5.74) is 6.07. The van der Waals surface area contributed by atoms with E-state index in [4.69, 9.17) is 5.73 Å². The lowest BCUT2D eigenvalue weighted by Crippen LogP contribution is -2.48. The maximum absolute atomic E-state index is 12.4. The molecule has 1 aliphatic rings. The van der Waals surface area contributed by atoms with E-state index in [2.05, 4.69) is 4.72 Å². The van der Waals surface area contributed by atoms with E-state index in [0.29, 0.717) is 5.92 Å². The van der Waals surface area contributed by atoms with E-state index >= 15 is 0 Å². The first kappa shape index (κ1) is 19.4. The standard InChI is InChI=1S/C17H24N2O5S/c18-16(20)11-10-15(17(21)22)19-25(23,24)14-8-6-13(7-9-14)12-4-2-1-3-5-12/h6-9,12,15,19H,1-5,10-11H2,(H2,18,20)(H,21,22)/p-1/t15-/m1/s1. The fourth-order valence-electron chi connectivity index (χ4n) is 3.12. The smallest absolute Gasteiger partial charge is 0.241 e. The Hall–Kier alpha value is -1.93. The Morgan fingerprint density at radius 2 is 1.76 bits per heavy atom. The SMILES string of the molecule is NC(=O)CC[C@@H](NS(=O)(=O)c1ccc(C2CCCCC2)cc1)C(=O)[O-]. The summed E-state index contributed by atoms with van der Waals surface area (Å²) >= 11 is 0. The number of rotatable bonds is 8. The summed E-state index contributed by atoms with van der Waals surface area (Å²) in [5.74, 6) is -1.85. The van der Waals surface area contributed by atoms with Crippen LogP contribution in [0.2, 0.25) is 0 Å². The molecule has 138 valence electrons. The zero-order valence-corrected chi connectivity index (χ0v) is 14.8. The number of carboxylic acid groups (broad SMARTS) is 1. The van der Waals surface area contributed by atoms with Crippen LogP contribution >= 0.6 is 0 Å². The van der Waals surface area contributed by atoms with Gasteiger partial charge in [-0.05, 0) is 42.9 Å². The van der Waals surface area contributed by atoms with Gasteiger partial charge in [-0.3, -0.25) is 4.79 Å². The van der Waals surface area contributed by atoms with Gasteiger partial charge in [0, 0.05) is 6.42 Å². The zero-order chi connectivity index (χ0) is 18.4. The number of sulfonamides is 1. The molecule has 0 aliphatic heterocycles. The van der Waals surface area contributed by atoms with Crippen molar-refractivity contribution in [2.45, 2.75) is 61.8 Å². The van der Waals surface area contributed by atoms with Crippen LogP contribution in [-0.2, 0) is 19.6 Å². The van der Waals surface area contributed by atoms with Gasteiger partial charge in [0.05, 0.1) is 16.9 Å². The number of hydrogen-bond acceptors (Lipinski definition) is 5. The van der Waals surface area contributed by atoms with E-state index in [0.717, 1.165) is 18.4 Å². The summed E-state index contributed by atoms with van der Waals surface area (Å²) in [6, 6.07) is 5.01. The summed E-state index contributed by atoms with van der Waals surface area (Å²) in [6.07, 6.45) is 5.30. The van der Waals surface area contributed by atoms with E-state index in [1.807, 2.05) is 0 Å². The Bertz CT molecular complexity index is 709. The Morgan fingerprint density at radius 1 is 1.16 bits per heavy atom. The van der Waals surface area contributed by atoms with Crippen molar-refractivity contribution in [2.75, 3.05) is 0 Å². The Kier molecular flexibility index (Phi) is 6.55. The van der Waals surface area contributed by atoms with Gasteiger partial charge in [0.1, 0.15) is 0 Å². The number of carbonyl (C=O) groups excluding carboxylic acids is 2. The highest BCUT2D eigenvalue weighted by Crippen LogP contribution is 2.32. The van der Waals surface area contributed by atoms with Crippen LogP contribution in [0, 0.1) is 0 Å². The highest BCUT2D eigenvalue weighted by molar-refractivity contribution is 7.89. The van der Waals surface area contributed by atoms with Gasteiger partial charge in [0.2, 0.25) is 15.9 Å². The minimum absolute atomic E-state index is 0.0163.